The first-order valence-corrected chi connectivity index (χ1v) is 7.57. The lowest BCUT2D eigenvalue weighted by Gasteiger charge is -2.22. The summed E-state index contributed by atoms with van der Waals surface area (Å²) in [6, 6.07) is 23.1. The Morgan fingerprint density at radius 2 is 1.61 bits per heavy atom. The van der Waals surface area contributed by atoms with Crippen LogP contribution in [0.1, 0.15) is 21.5 Å². The number of aryl methyl sites for hydroxylation is 1. The molecule has 3 nitrogen and oxygen atoms in total. The van der Waals surface area contributed by atoms with Gasteiger partial charge in [0, 0.05) is 11.8 Å². The predicted octanol–water partition coefficient (Wildman–Crippen LogP) is 4.24. The molecule has 0 saturated carbocycles. The first kappa shape index (κ1) is 15.0. The van der Waals surface area contributed by atoms with Crippen LogP contribution in [0.4, 0.5) is 5.82 Å². The van der Waals surface area contributed by atoms with E-state index in [-0.39, 0.29) is 5.91 Å². The van der Waals surface area contributed by atoms with Gasteiger partial charge in [0.2, 0.25) is 0 Å². The van der Waals surface area contributed by atoms with Crippen molar-refractivity contribution in [3.05, 3.63) is 95.7 Å². The van der Waals surface area contributed by atoms with Crippen molar-refractivity contribution in [2.75, 3.05) is 4.90 Å². The van der Waals surface area contributed by atoms with Gasteiger partial charge >= 0.3 is 0 Å². The number of hydrogen-bond acceptors (Lipinski definition) is 2. The summed E-state index contributed by atoms with van der Waals surface area (Å²) in [5, 5.41) is 0. The topological polar surface area (TPSA) is 33.2 Å². The highest BCUT2D eigenvalue weighted by atomic mass is 16.2. The number of carbonyl (C=O) groups excluding carboxylic acids is 1. The van der Waals surface area contributed by atoms with E-state index in [9.17, 15) is 4.79 Å². The summed E-state index contributed by atoms with van der Waals surface area (Å²) < 4.78 is 0. The number of benzene rings is 2. The van der Waals surface area contributed by atoms with Gasteiger partial charge in [0.05, 0.1) is 6.54 Å². The highest BCUT2D eigenvalue weighted by molar-refractivity contribution is 6.05. The van der Waals surface area contributed by atoms with Crippen LogP contribution in [-0.2, 0) is 6.54 Å². The predicted molar refractivity (Wildman–Crippen MR) is 92.4 cm³/mol. The molecule has 0 saturated heterocycles. The van der Waals surface area contributed by atoms with E-state index in [1.165, 1.54) is 5.56 Å². The molecular weight excluding hydrogens is 284 g/mol. The van der Waals surface area contributed by atoms with Crippen molar-refractivity contribution < 1.29 is 4.79 Å². The molecule has 0 aliphatic rings. The number of rotatable bonds is 4. The maximum atomic E-state index is 12.9. The average molecular weight is 302 g/mol. The van der Waals surface area contributed by atoms with Gasteiger partial charge in [-0.15, -0.1) is 0 Å². The van der Waals surface area contributed by atoms with Crippen LogP contribution in [-0.4, -0.2) is 10.9 Å². The Morgan fingerprint density at radius 3 is 2.26 bits per heavy atom. The molecule has 0 atom stereocenters. The second kappa shape index (κ2) is 6.88. The van der Waals surface area contributed by atoms with Crippen molar-refractivity contribution in [3.8, 4) is 0 Å². The molecule has 2 aromatic carbocycles. The molecule has 1 amide bonds. The van der Waals surface area contributed by atoms with Gasteiger partial charge in [0.25, 0.3) is 5.91 Å². The zero-order chi connectivity index (χ0) is 16.1. The SMILES string of the molecule is Cc1ccc(CN(C(=O)c2ccccc2)c2ccccn2)cc1. The van der Waals surface area contributed by atoms with E-state index < -0.39 is 0 Å². The zero-order valence-corrected chi connectivity index (χ0v) is 13.0. The van der Waals surface area contributed by atoms with E-state index in [1.807, 2.05) is 60.7 Å². The number of hydrogen-bond donors (Lipinski definition) is 0. The molecular formula is C20H18N2O. The van der Waals surface area contributed by atoms with Gasteiger partial charge in [0.15, 0.2) is 0 Å². The fraction of sp³-hybridized carbons (Fsp3) is 0.100. The standard InChI is InChI=1S/C20H18N2O/c1-16-10-12-17(13-11-16)15-22(19-9-5-6-14-21-19)20(23)18-7-3-2-4-8-18/h2-14H,15H2,1H3. The van der Waals surface area contributed by atoms with Crippen LogP contribution in [0.5, 0.6) is 0 Å². The van der Waals surface area contributed by atoms with Crippen molar-refractivity contribution in [1.82, 2.24) is 4.98 Å². The highest BCUT2D eigenvalue weighted by Gasteiger charge is 2.18. The molecule has 0 fully saturated rings. The lowest BCUT2D eigenvalue weighted by atomic mass is 10.1. The van der Waals surface area contributed by atoms with Crippen LogP contribution in [0, 0.1) is 6.92 Å². The fourth-order valence-electron chi connectivity index (χ4n) is 2.38. The quantitative estimate of drug-likeness (QED) is 0.722. The molecule has 3 rings (SSSR count). The minimum absolute atomic E-state index is 0.0510. The summed E-state index contributed by atoms with van der Waals surface area (Å²) in [6.07, 6.45) is 1.70. The second-order valence-corrected chi connectivity index (χ2v) is 5.43. The second-order valence-electron chi connectivity index (χ2n) is 5.43. The Hall–Kier alpha value is -2.94. The average Bonchev–Trinajstić information content (AvgIpc) is 2.62. The maximum absolute atomic E-state index is 12.9. The Kier molecular flexibility index (Phi) is 4.48. The summed E-state index contributed by atoms with van der Waals surface area (Å²) >= 11 is 0. The molecule has 3 heteroatoms. The first-order chi connectivity index (χ1) is 11.2. The fourth-order valence-corrected chi connectivity index (χ4v) is 2.38. The van der Waals surface area contributed by atoms with E-state index in [1.54, 1.807) is 11.1 Å². The number of nitrogens with zero attached hydrogens (tertiary/aromatic N) is 2. The largest absolute Gasteiger partial charge is 0.288 e. The number of pyridine rings is 1. The molecule has 3 aromatic rings. The molecule has 0 N–H and O–H groups in total. The minimum Gasteiger partial charge on any atom is -0.288 e. The Morgan fingerprint density at radius 1 is 0.913 bits per heavy atom. The van der Waals surface area contributed by atoms with Crippen LogP contribution in [0.25, 0.3) is 0 Å². The minimum atomic E-state index is -0.0510. The molecule has 114 valence electrons. The molecule has 0 bridgehead atoms. The van der Waals surface area contributed by atoms with Crippen molar-refractivity contribution in [2.45, 2.75) is 13.5 Å². The molecule has 0 unspecified atom stereocenters. The van der Waals surface area contributed by atoms with Crippen LogP contribution >= 0.6 is 0 Å². The Bertz CT molecular complexity index is 768. The summed E-state index contributed by atoms with van der Waals surface area (Å²) in [4.78, 5) is 19.0. The normalized spacial score (nSPS) is 10.3. The number of anilines is 1. The number of amides is 1. The smallest absolute Gasteiger partial charge is 0.259 e. The van der Waals surface area contributed by atoms with Crippen LogP contribution < -0.4 is 4.90 Å². The Balaban J connectivity index is 1.94. The van der Waals surface area contributed by atoms with Gasteiger partial charge < -0.3 is 0 Å². The third kappa shape index (κ3) is 3.64. The van der Waals surface area contributed by atoms with Crippen LogP contribution in [0.15, 0.2) is 79.0 Å². The monoisotopic (exact) mass is 302 g/mol. The van der Waals surface area contributed by atoms with Crippen molar-refractivity contribution in [1.29, 1.82) is 0 Å². The van der Waals surface area contributed by atoms with Gasteiger partial charge in [-0.05, 0) is 36.8 Å². The lowest BCUT2D eigenvalue weighted by Crippen LogP contribution is -2.31. The molecule has 1 heterocycles. The first-order valence-electron chi connectivity index (χ1n) is 7.57. The number of carbonyl (C=O) groups is 1. The molecule has 0 radical (unpaired) electrons. The Labute approximate surface area is 136 Å². The van der Waals surface area contributed by atoms with Gasteiger partial charge in [-0.1, -0.05) is 54.1 Å². The van der Waals surface area contributed by atoms with Crippen molar-refractivity contribution in [2.24, 2.45) is 0 Å². The van der Waals surface area contributed by atoms with E-state index >= 15 is 0 Å². The highest BCUT2D eigenvalue weighted by Crippen LogP contribution is 2.18. The zero-order valence-electron chi connectivity index (χ0n) is 13.0. The third-order valence-electron chi connectivity index (χ3n) is 3.65. The summed E-state index contributed by atoms with van der Waals surface area (Å²) in [5.41, 5.74) is 2.93. The lowest BCUT2D eigenvalue weighted by molar-refractivity contribution is 0.0984. The van der Waals surface area contributed by atoms with Gasteiger partial charge in [0.1, 0.15) is 5.82 Å². The van der Waals surface area contributed by atoms with Crippen molar-refractivity contribution >= 4 is 11.7 Å². The summed E-state index contributed by atoms with van der Waals surface area (Å²) in [7, 11) is 0. The van der Waals surface area contributed by atoms with Gasteiger partial charge in [-0.2, -0.15) is 0 Å². The number of aromatic nitrogens is 1. The maximum Gasteiger partial charge on any atom is 0.259 e. The summed E-state index contributed by atoms with van der Waals surface area (Å²) in [6.45, 7) is 2.54. The third-order valence-corrected chi connectivity index (χ3v) is 3.65. The van der Waals surface area contributed by atoms with Crippen LogP contribution in [0.3, 0.4) is 0 Å². The van der Waals surface area contributed by atoms with E-state index in [2.05, 4.69) is 24.0 Å². The summed E-state index contributed by atoms with van der Waals surface area (Å²) in [5.74, 6) is 0.604. The van der Waals surface area contributed by atoms with E-state index in [4.69, 9.17) is 0 Å². The molecule has 23 heavy (non-hydrogen) atoms. The molecule has 0 spiro atoms. The van der Waals surface area contributed by atoms with Crippen molar-refractivity contribution in [3.63, 3.8) is 0 Å². The van der Waals surface area contributed by atoms with Gasteiger partial charge in [-0.3, -0.25) is 9.69 Å². The van der Waals surface area contributed by atoms with E-state index in [0.717, 1.165) is 5.56 Å². The van der Waals surface area contributed by atoms with Crippen LogP contribution in [0.2, 0.25) is 0 Å². The molecule has 1 aromatic heterocycles. The van der Waals surface area contributed by atoms with E-state index in [0.29, 0.717) is 17.9 Å². The molecule has 0 aliphatic carbocycles. The van der Waals surface area contributed by atoms with Gasteiger partial charge in [-0.25, -0.2) is 4.98 Å². The molecule has 0 aliphatic heterocycles.